The van der Waals surface area contributed by atoms with E-state index in [0.717, 1.165) is 0 Å². The number of aliphatic carboxylic acids is 1. The predicted octanol–water partition coefficient (Wildman–Crippen LogP) is 3.32. The summed E-state index contributed by atoms with van der Waals surface area (Å²) < 4.78 is 11.7. The third-order valence-corrected chi connectivity index (χ3v) is 6.98. The molecule has 2 aromatic carbocycles. The summed E-state index contributed by atoms with van der Waals surface area (Å²) >= 11 is 0. The van der Waals surface area contributed by atoms with E-state index in [1.165, 1.54) is 24.3 Å². The Kier molecular flexibility index (Phi) is 6.62. The second-order valence-corrected chi connectivity index (χ2v) is 9.56. The van der Waals surface area contributed by atoms with E-state index >= 15 is 0 Å². The zero-order chi connectivity index (χ0) is 27.0. The summed E-state index contributed by atoms with van der Waals surface area (Å²) in [6.07, 6.45) is 0.640. The Hall–Kier alpha value is -4.25. The van der Waals surface area contributed by atoms with Crippen LogP contribution in [0, 0.1) is 0 Å². The number of phenols is 1. The Bertz CT molecular complexity index is 1570. The molecule has 196 valence electrons. The molecule has 1 fully saturated rings. The maximum absolute atomic E-state index is 12.3. The first-order valence-electron chi connectivity index (χ1n) is 12.0. The van der Waals surface area contributed by atoms with Crippen molar-refractivity contribution in [1.29, 1.82) is 0 Å². The van der Waals surface area contributed by atoms with Crippen LogP contribution in [0.3, 0.4) is 0 Å². The minimum absolute atomic E-state index is 0.0235. The maximum Gasteiger partial charge on any atom is 0.336 e. The number of carboxylic acid groups (broad SMARTS) is 2. The molecule has 0 spiro atoms. The van der Waals surface area contributed by atoms with E-state index in [1.54, 1.807) is 30.3 Å². The molecule has 2 aromatic rings. The Labute approximate surface area is 216 Å². The van der Waals surface area contributed by atoms with Gasteiger partial charge in [0, 0.05) is 41.7 Å². The van der Waals surface area contributed by atoms with Crippen molar-refractivity contribution in [2.75, 3.05) is 19.8 Å². The Balaban J connectivity index is 1.43. The van der Waals surface area contributed by atoms with Gasteiger partial charge in [-0.15, -0.1) is 0 Å². The highest BCUT2D eigenvalue weighted by Gasteiger charge is 2.37. The number of fused-ring (bicyclic) bond motifs is 2. The zero-order valence-corrected chi connectivity index (χ0v) is 20.3. The number of phenolic OH excluding ortho intramolecular Hbond substituents is 1. The lowest BCUT2D eigenvalue weighted by atomic mass is 9.89. The number of nitrogens with two attached hydrogens (primary N) is 1. The van der Waals surface area contributed by atoms with Gasteiger partial charge in [-0.1, -0.05) is 12.1 Å². The fourth-order valence-electron chi connectivity index (χ4n) is 4.81. The minimum Gasteiger partial charge on any atom is -0.508 e. The predicted molar refractivity (Wildman–Crippen MR) is 138 cm³/mol. The highest BCUT2D eigenvalue weighted by atomic mass is 16.5. The average Bonchev–Trinajstić information content (AvgIpc) is 2.88. The van der Waals surface area contributed by atoms with Crippen LogP contribution in [0.5, 0.6) is 5.75 Å². The molecule has 10 heteroatoms. The number of nitrogens with zero attached hydrogens (tertiary/aromatic N) is 1. The fourth-order valence-corrected chi connectivity index (χ4v) is 4.81. The zero-order valence-electron chi connectivity index (χ0n) is 20.3. The summed E-state index contributed by atoms with van der Waals surface area (Å²) in [5.74, 6) is -1.88. The third-order valence-electron chi connectivity index (χ3n) is 6.98. The van der Waals surface area contributed by atoms with Crippen molar-refractivity contribution in [2.45, 2.75) is 25.0 Å². The molecule has 0 atom stereocenters. The van der Waals surface area contributed by atoms with Gasteiger partial charge in [-0.05, 0) is 54.3 Å². The van der Waals surface area contributed by atoms with Crippen molar-refractivity contribution in [2.24, 2.45) is 5.73 Å². The van der Waals surface area contributed by atoms with Gasteiger partial charge < -0.3 is 30.2 Å². The standard InChI is InChI=1S/C28H26N2O8/c29-28(27(35)36)7-9-30(10-8-28)15-37-14-16-1-4-19(22(11-16)26(33)34)25-20-5-2-17(31)12-23(20)38-24-13-18(32)3-6-21(24)25/h1-6,11-13,31H,7-10,14-15,29H2,(H,33,34)(H,35,36). The summed E-state index contributed by atoms with van der Waals surface area (Å²) in [4.78, 5) is 37.6. The molecule has 1 saturated heterocycles. The van der Waals surface area contributed by atoms with Crippen LogP contribution >= 0.6 is 0 Å². The van der Waals surface area contributed by atoms with Crippen molar-refractivity contribution >= 4 is 22.9 Å². The highest BCUT2D eigenvalue weighted by molar-refractivity contribution is 6.07. The number of carboxylic acids is 2. The normalized spacial score (nSPS) is 15.6. The van der Waals surface area contributed by atoms with E-state index in [0.29, 0.717) is 59.2 Å². The Morgan fingerprint density at radius 1 is 1.00 bits per heavy atom. The molecule has 0 amide bonds. The Morgan fingerprint density at radius 2 is 1.74 bits per heavy atom. The molecule has 3 aliphatic rings. The number of rotatable bonds is 7. The number of piperidine rings is 1. The molecule has 0 bridgehead atoms. The van der Waals surface area contributed by atoms with E-state index in [4.69, 9.17) is 14.9 Å². The molecule has 38 heavy (non-hydrogen) atoms. The average molecular weight is 519 g/mol. The highest BCUT2D eigenvalue weighted by Crippen LogP contribution is 2.42. The van der Waals surface area contributed by atoms with Crippen molar-refractivity contribution < 1.29 is 34.1 Å². The Morgan fingerprint density at radius 3 is 2.45 bits per heavy atom. The van der Waals surface area contributed by atoms with Crippen LogP contribution in [0.1, 0.15) is 28.8 Å². The molecule has 0 unspecified atom stereocenters. The van der Waals surface area contributed by atoms with E-state index < -0.39 is 17.5 Å². The van der Waals surface area contributed by atoms with Crippen LogP contribution in [0.4, 0.5) is 0 Å². The van der Waals surface area contributed by atoms with Crippen molar-refractivity contribution in [3.05, 3.63) is 75.9 Å². The van der Waals surface area contributed by atoms with Crippen molar-refractivity contribution in [3.8, 4) is 28.2 Å². The van der Waals surface area contributed by atoms with E-state index in [-0.39, 0.29) is 35.8 Å². The van der Waals surface area contributed by atoms with Gasteiger partial charge in [0.15, 0.2) is 5.43 Å². The van der Waals surface area contributed by atoms with Gasteiger partial charge in [0.2, 0.25) is 0 Å². The number of benzene rings is 3. The number of hydrogen-bond acceptors (Lipinski definition) is 8. The lowest BCUT2D eigenvalue weighted by Gasteiger charge is -2.35. The number of aromatic hydroxyl groups is 1. The summed E-state index contributed by atoms with van der Waals surface area (Å²) in [6, 6.07) is 13.9. The fraction of sp³-hybridized carbons (Fsp3) is 0.250. The van der Waals surface area contributed by atoms with Gasteiger partial charge in [-0.25, -0.2) is 4.79 Å². The van der Waals surface area contributed by atoms with Gasteiger partial charge in [0.05, 0.1) is 18.9 Å². The van der Waals surface area contributed by atoms with Gasteiger partial charge in [0.1, 0.15) is 22.6 Å². The van der Waals surface area contributed by atoms with Gasteiger partial charge >= 0.3 is 11.9 Å². The quantitative estimate of drug-likeness (QED) is 0.267. The summed E-state index contributed by atoms with van der Waals surface area (Å²) in [6.45, 7) is 1.39. The van der Waals surface area contributed by atoms with E-state index in [2.05, 4.69) is 0 Å². The van der Waals surface area contributed by atoms with Crippen molar-refractivity contribution in [1.82, 2.24) is 4.90 Å². The van der Waals surface area contributed by atoms with Crippen LogP contribution < -0.4 is 11.2 Å². The molecule has 2 aliphatic heterocycles. The molecule has 0 aromatic heterocycles. The lowest BCUT2D eigenvalue weighted by Crippen LogP contribution is -2.55. The first-order chi connectivity index (χ1) is 18.1. The molecular weight excluding hydrogens is 492 g/mol. The molecule has 1 aliphatic carbocycles. The number of carbonyl (C=O) groups is 2. The van der Waals surface area contributed by atoms with E-state index in [1.807, 2.05) is 4.90 Å². The van der Waals surface area contributed by atoms with Crippen LogP contribution in [0.2, 0.25) is 0 Å². The van der Waals surface area contributed by atoms with Crippen molar-refractivity contribution in [3.63, 3.8) is 0 Å². The summed E-state index contributed by atoms with van der Waals surface area (Å²) in [5, 5.41) is 29.9. The van der Waals surface area contributed by atoms with E-state index in [9.17, 15) is 29.7 Å². The second-order valence-electron chi connectivity index (χ2n) is 9.56. The maximum atomic E-state index is 12.3. The van der Waals surface area contributed by atoms with Crippen LogP contribution in [0.15, 0.2) is 63.8 Å². The molecule has 5 N–H and O–H groups in total. The minimum atomic E-state index is -1.21. The van der Waals surface area contributed by atoms with Gasteiger partial charge in [0.25, 0.3) is 0 Å². The smallest absolute Gasteiger partial charge is 0.336 e. The van der Waals surface area contributed by atoms with Gasteiger partial charge in [-0.2, -0.15) is 0 Å². The van der Waals surface area contributed by atoms with Crippen LogP contribution in [0.25, 0.3) is 33.4 Å². The summed E-state index contributed by atoms with van der Waals surface area (Å²) in [5.41, 5.74) is 7.03. The third kappa shape index (κ3) is 4.84. The monoisotopic (exact) mass is 518 g/mol. The van der Waals surface area contributed by atoms with Crippen LogP contribution in [-0.2, 0) is 16.1 Å². The van der Waals surface area contributed by atoms with Gasteiger partial charge in [-0.3, -0.25) is 14.5 Å². The lowest BCUT2D eigenvalue weighted by molar-refractivity contribution is -0.145. The van der Waals surface area contributed by atoms with Crippen LogP contribution in [-0.4, -0.2) is 57.5 Å². The molecule has 0 radical (unpaired) electrons. The molecule has 5 rings (SSSR count). The summed E-state index contributed by atoms with van der Waals surface area (Å²) in [7, 11) is 0. The number of ether oxygens (including phenoxy) is 1. The topological polar surface area (TPSA) is 164 Å². The second kappa shape index (κ2) is 9.90. The number of aromatic carboxylic acids is 1. The molecule has 2 heterocycles. The number of hydrogen-bond donors (Lipinski definition) is 4. The largest absolute Gasteiger partial charge is 0.508 e. The SMILES string of the molecule is NC1(C(=O)O)CCN(COCc2ccc(-c3c4ccc(=O)cc-4oc4cc(O)ccc34)c(C(=O)O)c2)CC1. The first kappa shape index (κ1) is 25.4. The number of likely N-dealkylation sites (tertiary alicyclic amines) is 1. The molecular formula is C28H26N2O8. The molecule has 10 nitrogen and oxygen atoms in total. The molecule has 0 saturated carbocycles. The first-order valence-corrected chi connectivity index (χ1v) is 12.0.